The number of halogens is 1. The van der Waals surface area contributed by atoms with Crippen LogP contribution in [-0.2, 0) is 21.3 Å². The number of carbonyl (C=O) groups is 1. The van der Waals surface area contributed by atoms with Gasteiger partial charge < -0.3 is 14.6 Å². The average Bonchev–Trinajstić information content (AvgIpc) is 3.17. The Kier molecular flexibility index (Phi) is 6.10. The van der Waals surface area contributed by atoms with Gasteiger partial charge in [0.15, 0.2) is 0 Å². The van der Waals surface area contributed by atoms with E-state index in [4.69, 9.17) is 16.3 Å². The number of fused-ring (bicyclic) bond motifs is 1. The van der Waals surface area contributed by atoms with E-state index in [2.05, 4.69) is 9.88 Å². The number of sulfonamides is 1. The number of nitrogens with one attached hydrogen (secondary N) is 1. The quantitative estimate of drug-likeness (QED) is 0.630. The predicted octanol–water partition coefficient (Wildman–Crippen LogP) is 2.75. The van der Waals surface area contributed by atoms with Crippen molar-refractivity contribution in [1.82, 2.24) is 14.2 Å². The van der Waals surface area contributed by atoms with Gasteiger partial charge in [-0.1, -0.05) is 29.8 Å². The fourth-order valence-corrected chi connectivity index (χ4v) is 5.13. The summed E-state index contributed by atoms with van der Waals surface area (Å²) in [5, 5.41) is 4.17. The number of amides is 1. The Bertz CT molecular complexity index is 1170. The van der Waals surface area contributed by atoms with Crippen LogP contribution in [-0.4, -0.2) is 56.0 Å². The molecule has 1 aromatic heterocycles. The third-order valence-electron chi connectivity index (χ3n) is 5.11. The fourth-order valence-electron chi connectivity index (χ4n) is 3.50. The molecule has 0 saturated carbocycles. The van der Waals surface area contributed by atoms with E-state index in [1.807, 2.05) is 36.5 Å². The minimum atomic E-state index is -3.70. The maximum absolute atomic E-state index is 12.9. The second kappa shape index (κ2) is 8.77. The third kappa shape index (κ3) is 4.22. The average molecular weight is 448 g/mol. The van der Waals surface area contributed by atoms with Crippen molar-refractivity contribution in [3.05, 3.63) is 65.3 Å². The van der Waals surface area contributed by atoms with Gasteiger partial charge in [0, 0.05) is 37.9 Å². The number of hydrogen-bond acceptors (Lipinski definition) is 4. The van der Waals surface area contributed by atoms with E-state index in [0.29, 0.717) is 26.3 Å². The van der Waals surface area contributed by atoms with Crippen molar-refractivity contribution in [2.24, 2.45) is 0 Å². The van der Waals surface area contributed by atoms with Gasteiger partial charge in [-0.15, -0.1) is 0 Å². The van der Waals surface area contributed by atoms with Gasteiger partial charge >= 0.3 is 0 Å². The lowest BCUT2D eigenvalue weighted by molar-refractivity contribution is 0.0730. The summed E-state index contributed by atoms with van der Waals surface area (Å²) in [5.41, 5.74) is 1.23. The molecule has 0 unspecified atom stereocenters. The van der Waals surface area contributed by atoms with Crippen molar-refractivity contribution in [2.75, 3.05) is 32.8 Å². The first-order valence-corrected chi connectivity index (χ1v) is 11.5. The van der Waals surface area contributed by atoms with E-state index in [1.165, 1.54) is 22.5 Å². The number of nitrogens with zero attached hydrogens (tertiary/aromatic N) is 2. The maximum Gasteiger partial charge on any atom is 0.252 e. The molecule has 1 amide bonds. The number of aromatic nitrogens is 1. The van der Waals surface area contributed by atoms with Crippen LogP contribution in [0.3, 0.4) is 0 Å². The van der Waals surface area contributed by atoms with Gasteiger partial charge in [0.2, 0.25) is 10.0 Å². The van der Waals surface area contributed by atoms with E-state index in [1.54, 1.807) is 0 Å². The summed E-state index contributed by atoms with van der Waals surface area (Å²) in [6.45, 7) is 2.26. The fraction of sp³-hybridized carbons (Fsp3) is 0.286. The molecule has 3 aromatic rings. The highest BCUT2D eigenvalue weighted by Gasteiger charge is 2.27. The molecule has 0 spiro atoms. The van der Waals surface area contributed by atoms with Gasteiger partial charge in [0.25, 0.3) is 5.91 Å². The lowest BCUT2D eigenvalue weighted by atomic mass is 10.2. The van der Waals surface area contributed by atoms with E-state index >= 15 is 0 Å². The molecule has 0 aliphatic carbocycles. The van der Waals surface area contributed by atoms with Gasteiger partial charge in [0.05, 0.1) is 28.7 Å². The van der Waals surface area contributed by atoms with Crippen LogP contribution in [0.4, 0.5) is 0 Å². The van der Waals surface area contributed by atoms with E-state index in [9.17, 15) is 13.2 Å². The molecule has 1 saturated heterocycles. The van der Waals surface area contributed by atoms with E-state index < -0.39 is 15.9 Å². The molecule has 1 aliphatic heterocycles. The Morgan fingerprint density at radius 1 is 1.10 bits per heavy atom. The zero-order valence-corrected chi connectivity index (χ0v) is 17.8. The van der Waals surface area contributed by atoms with Crippen molar-refractivity contribution < 1.29 is 17.9 Å². The summed E-state index contributed by atoms with van der Waals surface area (Å²) >= 11 is 6.19. The molecule has 0 atom stereocenters. The smallest absolute Gasteiger partial charge is 0.252 e. The summed E-state index contributed by atoms with van der Waals surface area (Å²) < 4.78 is 34.4. The van der Waals surface area contributed by atoms with Gasteiger partial charge in [-0.3, -0.25) is 4.79 Å². The second-order valence-electron chi connectivity index (χ2n) is 6.98. The van der Waals surface area contributed by atoms with Gasteiger partial charge in [-0.25, -0.2) is 8.42 Å². The summed E-state index contributed by atoms with van der Waals surface area (Å²) in [7, 11) is -3.70. The van der Waals surface area contributed by atoms with Crippen molar-refractivity contribution in [1.29, 1.82) is 0 Å². The molecule has 1 N–H and O–H groups in total. The molecule has 1 aliphatic rings. The highest BCUT2D eigenvalue weighted by Crippen LogP contribution is 2.23. The lowest BCUT2D eigenvalue weighted by Gasteiger charge is -2.26. The number of hydrogen-bond donors (Lipinski definition) is 1. The standard InChI is InChI=1S/C21H22ClN3O4S/c22-19-6-5-17(30(27,28)25-11-13-29-14-12-25)15-18(19)21(26)23-8-10-24-9-7-16-3-1-2-4-20(16)24/h1-7,9,15H,8,10-14H2,(H,23,26). The maximum atomic E-state index is 12.9. The Labute approximate surface area is 180 Å². The molecule has 2 aromatic carbocycles. The van der Waals surface area contributed by atoms with Crippen LogP contribution in [0.1, 0.15) is 10.4 Å². The van der Waals surface area contributed by atoms with Crippen molar-refractivity contribution >= 4 is 38.4 Å². The number of rotatable bonds is 6. The SMILES string of the molecule is O=C(NCCn1ccc2ccccc21)c1cc(S(=O)(=O)N2CCOCC2)ccc1Cl. The highest BCUT2D eigenvalue weighted by molar-refractivity contribution is 7.89. The van der Waals surface area contributed by atoms with Crippen LogP contribution in [0.25, 0.3) is 10.9 Å². The van der Waals surface area contributed by atoms with Crippen LogP contribution in [0.2, 0.25) is 5.02 Å². The number of benzene rings is 2. The Morgan fingerprint density at radius 2 is 1.87 bits per heavy atom. The van der Waals surface area contributed by atoms with Gasteiger partial charge in [0.1, 0.15) is 0 Å². The first-order valence-electron chi connectivity index (χ1n) is 9.66. The molecule has 1 fully saturated rings. The molecule has 0 radical (unpaired) electrons. The van der Waals surface area contributed by atoms with Crippen molar-refractivity contribution in [2.45, 2.75) is 11.4 Å². The van der Waals surface area contributed by atoms with Gasteiger partial charge in [-0.2, -0.15) is 4.31 Å². The monoisotopic (exact) mass is 447 g/mol. The predicted molar refractivity (Wildman–Crippen MR) is 115 cm³/mol. The molecule has 158 valence electrons. The molecule has 0 bridgehead atoms. The normalized spacial score (nSPS) is 15.4. The molecular formula is C21H22ClN3O4S. The summed E-state index contributed by atoms with van der Waals surface area (Å²) in [4.78, 5) is 12.7. The van der Waals surface area contributed by atoms with Crippen LogP contribution in [0, 0.1) is 0 Å². The number of carbonyl (C=O) groups excluding carboxylic acids is 1. The minimum absolute atomic E-state index is 0.0513. The number of morpholine rings is 1. The molecule has 9 heteroatoms. The minimum Gasteiger partial charge on any atom is -0.379 e. The Hall–Kier alpha value is -2.39. The summed E-state index contributed by atoms with van der Waals surface area (Å²) in [6.07, 6.45) is 1.97. The first-order chi connectivity index (χ1) is 14.5. The summed E-state index contributed by atoms with van der Waals surface area (Å²) in [5.74, 6) is -0.407. The zero-order valence-electron chi connectivity index (χ0n) is 16.3. The highest BCUT2D eigenvalue weighted by atomic mass is 35.5. The van der Waals surface area contributed by atoms with Crippen LogP contribution >= 0.6 is 11.6 Å². The van der Waals surface area contributed by atoms with Crippen LogP contribution in [0.15, 0.2) is 59.6 Å². The zero-order chi connectivity index (χ0) is 21.1. The largest absolute Gasteiger partial charge is 0.379 e. The molecule has 4 rings (SSSR count). The number of para-hydroxylation sites is 1. The Balaban J connectivity index is 1.46. The Morgan fingerprint density at radius 3 is 2.67 bits per heavy atom. The molecule has 30 heavy (non-hydrogen) atoms. The van der Waals surface area contributed by atoms with Crippen molar-refractivity contribution in [3.63, 3.8) is 0 Å². The lowest BCUT2D eigenvalue weighted by Crippen LogP contribution is -2.40. The summed E-state index contributed by atoms with van der Waals surface area (Å²) in [6, 6.07) is 14.2. The molecule has 2 heterocycles. The van der Waals surface area contributed by atoms with Crippen LogP contribution < -0.4 is 5.32 Å². The van der Waals surface area contributed by atoms with E-state index in [-0.39, 0.29) is 28.6 Å². The third-order valence-corrected chi connectivity index (χ3v) is 7.33. The van der Waals surface area contributed by atoms with Crippen LogP contribution in [0.5, 0.6) is 0 Å². The first kappa shape index (κ1) is 20.9. The van der Waals surface area contributed by atoms with Crippen molar-refractivity contribution in [3.8, 4) is 0 Å². The van der Waals surface area contributed by atoms with Gasteiger partial charge in [-0.05, 0) is 35.7 Å². The molecule has 7 nitrogen and oxygen atoms in total. The topological polar surface area (TPSA) is 80.6 Å². The second-order valence-corrected chi connectivity index (χ2v) is 9.33. The molecular weight excluding hydrogens is 426 g/mol. The van der Waals surface area contributed by atoms with E-state index in [0.717, 1.165) is 10.9 Å². The number of ether oxygens (including phenoxy) is 1.